The molecule has 8 nitrogen and oxygen atoms in total. The average Bonchev–Trinajstić information content (AvgIpc) is 3.35. The molecule has 4 aromatic rings. The minimum atomic E-state index is -0.275. The highest BCUT2D eigenvalue weighted by molar-refractivity contribution is 7.17. The number of aryl methyl sites for hydroxylation is 1. The third kappa shape index (κ3) is 3.55. The number of amides is 1. The van der Waals surface area contributed by atoms with Gasteiger partial charge in [-0.15, -0.1) is 11.3 Å². The van der Waals surface area contributed by atoms with E-state index in [1.807, 2.05) is 24.3 Å². The SMILES string of the molecule is COc1cc(-c2nc(C)c(C(=O)Nc3nc4ccccc4[nH]3)s2)cc(OC)c1OC. The summed E-state index contributed by atoms with van der Waals surface area (Å²) in [4.78, 5) is 25.4. The molecule has 0 atom stereocenters. The van der Waals surface area contributed by atoms with Gasteiger partial charge in [-0.2, -0.15) is 0 Å². The predicted molar refractivity (Wildman–Crippen MR) is 116 cm³/mol. The van der Waals surface area contributed by atoms with E-state index in [4.69, 9.17) is 14.2 Å². The van der Waals surface area contributed by atoms with Crippen LogP contribution in [0.4, 0.5) is 5.95 Å². The number of para-hydroxylation sites is 2. The Labute approximate surface area is 176 Å². The zero-order valence-corrected chi connectivity index (χ0v) is 17.7. The lowest BCUT2D eigenvalue weighted by Gasteiger charge is -2.13. The smallest absolute Gasteiger partial charge is 0.269 e. The van der Waals surface area contributed by atoms with Gasteiger partial charge in [-0.25, -0.2) is 9.97 Å². The van der Waals surface area contributed by atoms with E-state index in [2.05, 4.69) is 20.3 Å². The first kappa shape index (κ1) is 19.7. The molecule has 0 spiro atoms. The van der Waals surface area contributed by atoms with E-state index < -0.39 is 0 Å². The Bertz CT molecular complexity index is 1170. The van der Waals surface area contributed by atoms with Crippen LogP contribution in [0.25, 0.3) is 21.6 Å². The van der Waals surface area contributed by atoms with Gasteiger partial charge in [-0.1, -0.05) is 12.1 Å². The number of carbonyl (C=O) groups excluding carboxylic acids is 1. The van der Waals surface area contributed by atoms with Crippen molar-refractivity contribution in [1.29, 1.82) is 0 Å². The Morgan fingerprint density at radius 3 is 2.37 bits per heavy atom. The second-order valence-corrected chi connectivity index (χ2v) is 7.40. The largest absolute Gasteiger partial charge is 0.493 e. The van der Waals surface area contributed by atoms with Gasteiger partial charge in [0.15, 0.2) is 11.5 Å². The number of ether oxygens (including phenoxy) is 3. The summed E-state index contributed by atoms with van der Waals surface area (Å²) in [5.74, 6) is 1.66. The topological polar surface area (TPSA) is 98.4 Å². The van der Waals surface area contributed by atoms with Gasteiger partial charge < -0.3 is 19.2 Å². The van der Waals surface area contributed by atoms with E-state index in [9.17, 15) is 4.79 Å². The van der Waals surface area contributed by atoms with Crippen molar-refractivity contribution >= 4 is 34.2 Å². The normalized spacial score (nSPS) is 10.8. The molecule has 4 rings (SSSR count). The van der Waals surface area contributed by atoms with Gasteiger partial charge >= 0.3 is 0 Å². The summed E-state index contributed by atoms with van der Waals surface area (Å²) in [5, 5.41) is 3.48. The van der Waals surface area contributed by atoms with Crippen LogP contribution in [0.2, 0.25) is 0 Å². The molecular formula is C21H20N4O4S. The van der Waals surface area contributed by atoms with Crippen LogP contribution >= 0.6 is 11.3 Å². The maximum atomic E-state index is 12.8. The van der Waals surface area contributed by atoms with E-state index in [-0.39, 0.29) is 5.91 Å². The van der Waals surface area contributed by atoms with E-state index in [0.717, 1.165) is 16.6 Å². The van der Waals surface area contributed by atoms with E-state index in [0.29, 0.717) is 38.8 Å². The third-order valence-corrected chi connectivity index (χ3v) is 5.74. The van der Waals surface area contributed by atoms with Gasteiger partial charge in [0, 0.05) is 5.56 Å². The van der Waals surface area contributed by atoms with Crippen LogP contribution in [0.1, 0.15) is 15.4 Å². The molecule has 0 aliphatic rings. The lowest BCUT2D eigenvalue weighted by atomic mass is 10.2. The molecule has 2 aromatic carbocycles. The molecule has 0 saturated carbocycles. The fourth-order valence-electron chi connectivity index (χ4n) is 3.11. The molecule has 2 aromatic heterocycles. The molecule has 2 N–H and O–H groups in total. The Morgan fingerprint density at radius 2 is 1.73 bits per heavy atom. The predicted octanol–water partition coefficient (Wildman–Crippen LogP) is 4.27. The van der Waals surface area contributed by atoms with Crippen molar-refractivity contribution in [3.05, 3.63) is 47.0 Å². The molecule has 1 amide bonds. The molecule has 154 valence electrons. The fraction of sp³-hybridized carbons (Fsp3) is 0.190. The van der Waals surface area contributed by atoms with Crippen LogP contribution in [0, 0.1) is 6.92 Å². The first-order chi connectivity index (χ1) is 14.5. The number of hydrogen-bond donors (Lipinski definition) is 2. The zero-order valence-electron chi connectivity index (χ0n) is 16.9. The maximum Gasteiger partial charge on any atom is 0.269 e. The van der Waals surface area contributed by atoms with E-state index in [1.54, 1.807) is 40.4 Å². The summed E-state index contributed by atoms with van der Waals surface area (Å²) in [6.07, 6.45) is 0. The van der Waals surface area contributed by atoms with Gasteiger partial charge in [-0.3, -0.25) is 10.1 Å². The fourth-order valence-corrected chi connectivity index (χ4v) is 4.06. The molecule has 0 radical (unpaired) electrons. The molecule has 0 bridgehead atoms. The monoisotopic (exact) mass is 424 g/mol. The highest BCUT2D eigenvalue weighted by Gasteiger charge is 2.20. The molecule has 0 aliphatic carbocycles. The molecule has 0 unspecified atom stereocenters. The highest BCUT2D eigenvalue weighted by atomic mass is 32.1. The van der Waals surface area contributed by atoms with Crippen molar-refractivity contribution in [3.8, 4) is 27.8 Å². The summed E-state index contributed by atoms with van der Waals surface area (Å²) < 4.78 is 16.2. The number of aromatic nitrogens is 3. The number of benzene rings is 2. The standard InChI is InChI=1S/C21H20N4O4S/c1-11-18(19(26)25-21-23-13-7-5-6-8-14(13)24-21)30-20(22-11)12-9-15(27-2)17(29-4)16(10-12)28-3/h5-10H,1-4H3,(H2,23,24,25,26). The molecule has 0 fully saturated rings. The number of carbonyl (C=O) groups is 1. The number of methoxy groups -OCH3 is 3. The number of rotatable bonds is 6. The molecule has 30 heavy (non-hydrogen) atoms. The van der Waals surface area contributed by atoms with Crippen LogP contribution in [0.5, 0.6) is 17.2 Å². The van der Waals surface area contributed by atoms with Crippen molar-refractivity contribution in [2.75, 3.05) is 26.6 Å². The lowest BCUT2D eigenvalue weighted by Crippen LogP contribution is -2.12. The number of anilines is 1. The molecule has 9 heteroatoms. The number of aromatic amines is 1. The molecular weight excluding hydrogens is 404 g/mol. The van der Waals surface area contributed by atoms with Crippen LogP contribution in [0.15, 0.2) is 36.4 Å². The average molecular weight is 424 g/mol. The number of thiazole rings is 1. The number of H-pyrrole nitrogens is 1. The Morgan fingerprint density at radius 1 is 1.03 bits per heavy atom. The summed E-state index contributed by atoms with van der Waals surface area (Å²) in [6.45, 7) is 1.80. The lowest BCUT2D eigenvalue weighted by molar-refractivity contribution is 0.102. The second-order valence-electron chi connectivity index (χ2n) is 6.40. The van der Waals surface area contributed by atoms with E-state index >= 15 is 0 Å². The van der Waals surface area contributed by atoms with Crippen molar-refractivity contribution in [3.63, 3.8) is 0 Å². The Hall–Kier alpha value is -3.59. The highest BCUT2D eigenvalue weighted by Crippen LogP contribution is 2.42. The number of nitrogens with zero attached hydrogens (tertiary/aromatic N) is 2. The van der Waals surface area contributed by atoms with Gasteiger partial charge in [0.05, 0.1) is 38.1 Å². The Kier molecular flexibility index (Phi) is 5.28. The van der Waals surface area contributed by atoms with Crippen LogP contribution in [-0.2, 0) is 0 Å². The van der Waals surface area contributed by atoms with Crippen LogP contribution < -0.4 is 19.5 Å². The molecule has 0 saturated heterocycles. The van der Waals surface area contributed by atoms with Crippen LogP contribution in [-0.4, -0.2) is 42.2 Å². The quantitative estimate of drug-likeness (QED) is 0.480. The van der Waals surface area contributed by atoms with Gasteiger partial charge in [0.1, 0.15) is 9.88 Å². The number of nitrogens with one attached hydrogen (secondary N) is 2. The van der Waals surface area contributed by atoms with Crippen molar-refractivity contribution < 1.29 is 19.0 Å². The number of imidazole rings is 1. The molecule has 0 aliphatic heterocycles. The summed E-state index contributed by atoms with van der Waals surface area (Å²) in [7, 11) is 4.66. The second kappa shape index (κ2) is 8.03. The van der Waals surface area contributed by atoms with Crippen molar-refractivity contribution in [2.24, 2.45) is 0 Å². The van der Waals surface area contributed by atoms with E-state index in [1.165, 1.54) is 11.3 Å². The summed E-state index contributed by atoms with van der Waals surface area (Å²) in [5.41, 5.74) is 3.02. The van der Waals surface area contributed by atoms with Gasteiger partial charge in [-0.05, 0) is 31.2 Å². The minimum absolute atomic E-state index is 0.275. The summed E-state index contributed by atoms with van der Waals surface area (Å²) >= 11 is 1.28. The Balaban J connectivity index is 1.65. The number of hydrogen-bond acceptors (Lipinski definition) is 7. The van der Waals surface area contributed by atoms with Gasteiger partial charge in [0.25, 0.3) is 5.91 Å². The zero-order chi connectivity index (χ0) is 21.3. The number of fused-ring (bicyclic) bond motifs is 1. The summed E-state index contributed by atoms with van der Waals surface area (Å²) in [6, 6.07) is 11.2. The van der Waals surface area contributed by atoms with Crippen molar-refractivity contribution in [2.45, 2.75) is 6.92 Å². The van der Waals surface area contributed by atoms with Gasteiger partial charge in [0.2, 0.25) is 11.7 Å². The van der Waals surface area contributed by atoms with Crippen molar-refractivity contribution in [1.82, 2.24) is 15.0 Å². The van der Waals surface area contributed by atoms with Crippen LogP contribution in [0.3, 0.4) is 0 Å². The molecule has 2 heterocycles. The third-order valence-electron chi connectivity index (χ3n) is 4.54. The first-order valence-electron chi connectivity index (χ1n) is 9.08. The minimum Gasteiger partial charge on any atom is -0.493 e. The maximum absolute atomic E-state index is 12.8. The first-order valence-corrected chi connectivity index (χ1v) is 9.89.